The van der Waals surface area contributed by atoms with Gasteiger partial charge >= 0.3 is 6.18 Å². The fourth-order valence-electron chi connectivity index (χ4n) is 2.42. The maximum atomic E-state index is 13.2. The number of nitrogen functional groups attached to an aromatic ring is 1. The second-order valence-corrected chi connectivity index (χ2v) is 5.97. The first-order valence-corrected chi connectivity index (χ1v) is 8.44. The summed E-state index contributed by atoms with van der Waals surface area (Å²) in [5.74, 6) is 0.334. The van der Waals surface area contributed by atoms with Crippen molar-refractivity contribution in [2.45, 2.75) is 13.1 Å². The summed E-state index contributed by atoms with van der Waals surface area (Å²) >= 11 is 0.529. The Hall–Kier alpha value is -2.69. The lowest BCUT2D eigenvalue weighted by atomic mass is 10.1. The van der Waals surface area contributed by atoms with Gasteiger partial charge in [0, 0.05) is 11.3 Å². The molecule has 0 amide bonds. The molecule has 4 N–H and O–H groups in total. The Morgan fingerprint density at radius 1 is 1.07 bits per heavy atom. The van der Waals surface area contributed by atoms with E-state index in [1.165, 1.54) is 16.8 Å². The monoisotopic (exact) mass is 396 g/mol. The van der Waals surface area contributed by atoms with Crippen LogP contribution in [0.25, 0.3) is 16.9 Å². The molecule has 0 saturated carbocycles. The van der Waals surface area contributed by atoms with Crippen molar-refractivity contribution in [2.75, 3.05) is 5.73 Å². The average molecular weight is 396 g/mol. The highest BCUT2D eigenvalue weighted by Crippen LogP contribution is 2.34. The van der Waals surface area contributed by atoms with Gasteiger partial charge < -0.3 is 10.6 Å². The van der Waals surface area contributed by atoms with Crippen LogP contribution in [0.4, 0.5) is 18.9 Å². The third-order valence-corrected chi connectivity index (χ3v) is 3.97. The van der Waals surface area contributed by atoms with Gasteiger partial charge in [0.1, 0.15) is 12.2 Å². The minimum atomic E-state index is -4.58. The number of rotatable bonds is 5. The van der Waals surface area contributed by atoms with Crippen molar-refractivity contribution in [3.05, 3.63) is 59.8 Å². The summed E-state index contributed by atoms with van der Waals surface area (Å²) in [5.41, 5.74) is 7.41. The van der Waals surface area contributed by atoms with Crippen LogP contribution in [0.2, 0.25) is 0 Å². The Morgan fingerprint density at radius 2 is 1.78 bits per heavy atom. The highest BCUT2D eigenvalue weighted by atomic mass is 32.2. The van der Waals surface area contributed by atoms with Gasteiger partial charge in [0.05, 0.1) is 11.4 Å². The highest BCUT2D eigenvalue weighted by Gasteiger charge is 2.35. The van der Waals surface area contributed by atoms with Crippen LogP contribution >= 0.6 is 12.2 Å². The molecular formula is C17H15F3N4O2S. The molecule has 0 aliphatic carbocycles. The van der Waals surface area contributed by atoms with Crippen LogP contribution in [-0.2, 0) is 10.5 Å². The van der Waals surface area contributed by atoms with Crippen molar-refractivity contribution in [3.63, 3.8) is 0 Å². The first-order chi connectivity index (χ1) is 12.8. The molecule has 6 nitrogen and oxygen atoms in total. The summed E-state index contributed by atoms with van der Waals surface area (Å²) in [6.45, 7) is 1.82. The Balaban J connectivity index is 2.07. The molecule has 3 aromatic rings. The highest BCUT2D eigenvalue weighted by molar-refractivity contribution is 7.92. The van der Waals surface area contributed by atoms with Gasteiger partial charge in [-0.3, -0.25) is 5.14 Å². The molecule has 0 aliphatic heterocycles. The lowest BCUT2D eigenvalue weighted by Gasteiger charge is -2.10. The average Bonchev–Trinajstić information content (AvgIpc) is 3.08. The van der Waals surface area contributed by atoms with Crippen LogP contribution < -0.4 is 15.8 Å². The lowest BCUT2D eigenvalue weighted by molar-refractivity contribution is -0.141. The summed E-state index contributed by atoms with van der Waals surface area (Å²) in [4.78, 5) is 4.86. The summed E-state index contributed by atoms with van der Waals surface area (Å²) in [6, 6.07) is 12.2. The topological polar surface area (TPSA) is 88.3 Å². The van der Waals surface area contributed by atoms with Crippen molar-refractivity contribution >= 4 is 17.9 Å². The molecule has 0 unspecified atom stereocenters. The Labute approximate surface area is 157 Å². The van der Waals surface area contributed by atoms with E-state index in [1.54, 1.807) is 30.3 Å². The van der Waals surface area contributed by atoms with Crippen LogP contribution in [-0.4, -0.2) is 9.78 Å². The number of hydrogen-bond acceptors (Lipinski definition) is 6. The van der Waals surface area contributed by atoms with E-state index in [4.69, 9.17) is 15.8 Å². The quantitative estimate of drug-likeness (QED) is 0.220. The van der Waals surface area contributed by atoms with E-state index in [1.807, 2.05) is 6.92 Å². The number of benzene rings is 2. The molecule has 142 valence electrons. The zero-order valence-electron chi connectivity index (χ0n) is 14.0. The Bertz CT molecular complexity index is 942. The second-order valence-electron chi connectivity index (χ2n) is 5.64. The van der Waals surface area contributed by atoms with Crippen LogP contribution in [0.3, 0.4) is 0 Å². The molecule has 3 rings (SSSR count). The number of halogens is 3. The van der Waals surface area contributed by atoms with E-state index in [0.29, 0.717) is 34.9 Å². The van der Waals surface area contributed by atoms with Crippen LogP contribution in [0.1, 0.15) is 11.3 Å². The van der Waals surface area contributed by atoms with Gasteiger partial charge in [-0.05, 0) is 48.9 Å². The number of nitrogens with two attached hydrogens (primary N) is 2. The number of nitrogens with zero attached hydrogens (tertiary/aromatic N) is 2. The van der Waals surface area contributed by atoms with Gasteiger partial charge in [0.15, 0.2) is 11.4 Å². The minimum Gasteiger partial charge on any atom is -0.398 e. The van der Waals surface area contributed by atoms with Crippen molar-refractivity contribution in [3.8, 4) is 22.7 Å². The molecule has 1 aromatic heterocycles. The fourth-order valence-corrected chi connectivity index (χ4v) is 2.54. The molecule has 0 bridgehead atoms. The lowest BCUT2D eigenvalue weighted by Crippen LogP contribution is -2.07. The number of aromatic nitrogens is 2. The molecule has 0 spiro atoms. The predicted octanol–water partition coefficient (Wildman–Crippen LogP) is 4.28. The van der Waals surface area contributed by atoms with E-state index < -0.39 is 11.9 Å². The minimum absolute atomic E-state index is 0.261. The molecule has 1 heterocycles. The van der Waals surface area contributed by atoms with Crippen molar-refractivity contribution < 1.29 is 22.4 Å². The predicted molar refractivity (Wildman–Crippen MR) is 96.6 cm³/mol. The Kier molecular flexibility index (Phi) is 5.31. The molecule has 0 saturated heterocycles. The molecule has 0 fully saturated rings. The Morgan fingerprint density at radius 3 is 2.37 bits per heavy atom. The smallest absolute Gasteiger partial charge is 0.398 e. The first-order valence-electron chi connectivity index (χ1n) is 7.64. The summed E-state index contributed by atoms with van der Waals surface area (Å²) in [6.07, 6.45) is -4.58. The third kappa shape index (κ3) is 4.18. The zero-order chi connectivity index (χ0) is 19.6. The van der Waals surface area contributed by atoms with Gasteiger partial charge in [-0.15, -0.1) is 0 Å². The summed E-state index contributed by atoms with van der Waals surface area (Å²) in [5, 5.41) is 8.81. The first kappa shape index (κ1) is 19.1. The number of alkyl halides is 3. The summed E-state index contributed by atoms with van der Waals surface area (Å²) in [7, 11) is 0. The van der Waals surface area contributed by atoms with Crippen LogP contribution in [0, 0.1) is 6.92 Å². The molecule has 2 aromatic carbocycles. The standard InChI is InChI=1S/C17H15F3N4O2S/c1-10-2-3-11(8-14(10)21)15-9-16(17(18,19)20)23-24(15)12-4-6-13(7-5-12)25-26-27-22/h2-9H,21-22H2,1H3. The zero-order valence-corrected chi connectivity index (χ0v) is 14.8. The van der Waals surface area contributed by atoms with Gasteiger partial charge in [-0.1, -0.05) is 16.5 Å². The molecule has 0 aliphatic rings. The number of hydrogen-bond donors (Lipinski definition) is 2. The van der Waals surface area contributed by atoms with Gasteiger partial charge in [0.25, 0.3) is 0 Å². The van der Waals surface area contributed by atoms with Gasteiger partial charge in [-0.2, -0.15) is 18.3 Å². The van der Waals surface area contributed by atoms with Gasteiger partial charge in [0.2, 0.25) is 0 Å². The van der Waals surface area contributed by atoms with Crippen LogP contribution in [0.15, 0.2) is 48.5 Å². The fraction of sp³-hybridized carbons (Fsp3) is 0.118. The van der Waals surface area contributed by atoms with E-state index >= 15 is 0 Å². The molecule has 0 radical (unpaired) electrons. The normalized spacial score (nSPS) is 11.6. The van der Waals surface area contributed by atoms with E-state index in [9.17, 15) is 13.2 Å². The van der Waals surface area contributed by atoms with Crippen LogP contribution in [0.5, 0.6) is 5.75 Å². The largest absolute Gasteiger partial charge is 0.435 e. The van der Waals surface area contributed by atoms with Crippen molar-refractivity contribution in [1.82, 2.24) is 9.78 Å². The summed E-state index contributed by atoms with van der Waals surface area (Å²) < 4.78 is 45.4. The van der Waals surface area contributed by atoms with E-state index in [0.717, 1.165) is 11.6 Å². The third-order valence-electron chi connectivity index (χ3n) is 3.83. The van der Waals surface area contributed by atoms with Crippen molar-refractivity contribution in [2.24, 2.45) is 5.14 Å². The number of anilines is 1. The van der Waals surface area contributed by atoms with Gasteiger partial charge in [-0.25, -0.2) is 4.68 Å². The van der Waals surface area contributed by atoms with E-state index in [-0.39, 0.29) is 5.69 Å². The van der Waals surface area contributed by atoms with Crippen molar-refractivity contribution in [1.29, 1.82) is 0 Å². The molecule has 0 atom stereocenters. The molecule has 10 heteroatoms. The maximum absolute atomic E-state index is 13.2. The molecule has 27 heavy (non-hydrogen) atoms. The second kappa shape index (κ2) is 7.51. The van der Waals surface area contributed by atoms with E-state index in [2.05, 4.69) is 9.43 Å². The maximum Gasteiger partial charge on any atom is 0.435 e. The molecular weight excluding hydrogens is 381 g/mol. The SMILES string of the molecule is Cc1ccc(-c2cc(C(F)(F)F)nn2-c2ccc(OOSN)cc2)cc1N. The number of aryl methyl sites for hydroxylation is 1.